The van der Waals surface area contributed by atoms with Crippen LogP contribution in [0.25, 0.3) is 5.70 Å². The quantitative estimate of drug-likeness (QED) is 0.179. The molecule has 0 amide bonds. The molecule has 0 radical (unpaired) electrons. The van der Waals surface area contributed by atoms with Crippen molar-refractivity contribution in [1.29, 1.82) is 0 Å². The molecule has 12 heteroatoms. The zero-order valence-electron chi connectivity index (χ0n) is 24.1. The van der Waals surface area contributed by atoms with E-state index in [1.165, 1.54) is 19.3 Å². The molecule has 0 aliphatic heterocycles. The molecule has 0 fully saturated rings. The fraction of sp³-hybridized carbons (Fsp3) is 0.556. The second-order valence-electron chi connectivity index (χ2n) is 11.3. The van der Waals surface area contributed by atoms with Gasteiger partial charge in [-0.15, -0.1) is 0 Å². The van der Waals surface area contributed by atoms with Gasteiger partial charge in [-0.25, -0.2) is 9.97 Å². The average Bonchev–Trinajstić information content (AvgIpc) is 3.24. The number of halogens is 3. The monoisotopic (exact) mass is 567 g/mol. The number of aromatic nitrogens is 3. The summed E-state index contributed by atoms with van der Waals surface area (Å²) >= 11 is 0. The number of imidazole rings is 1. The van der Waals surface area contributed by atoms with Crippen LogP contribution < -0.4 is 10.5 Å². The minimum absolute atomic E-state index is 0.00808. The van der Waals surface area contributed by atoms with Gasteiger partial charge in [-0.3, -0.25) is 14.4 Å². The first-order valence-corrected chi connectivity index (χ1v) is 16.5. The molecule has 0 bridgehead atoms. The fourth-order valence-corrected chi connectivity index (χ4v) is 4.05. The summed E-state index contributed by atoms with van der Waals surface area (Å²) in [6, 6.07) is 2.54. The number of ether oxygens (including phenoxy) is 2. The smallest absolute Gasteiger partial charge is 0.433 e. The van der Waals surface area contributed by atoms with Gasteiger partial charge in [0.25, 0.3) is 0 Å². The Hall–Kier alpha value is -2.99. The van der Waals surface area contributed by atoms with Gasteiger partial charge in [0, 0.05) is 32.5 Å². The lowest BCUT2D eigenvalue weighted by Crippen LogP contribution is -2.29. The molecule has 8 nitrogen and oxygen atoms in total. The van der Waals surface area contributed by atoms with E-state index in [1.807, 2.05) is 6.92 Å². The lowest BCUT2D eigenvalue weighted by atomic mass is 9.90. The zero-order valence-corrected chi connectivity index (χ0v) is 25.1. The van der Waals surface area contributed by atoms with Crippen molar-refractivity contribution in [2.45, 2.75) is 79.6 Å². The highest BCUT2D eigenvalue weighted by Crippen LogP contribution is 2.30. The van der Waals surface area contributed by atoms with Crippen LogP contribution in [0.1, 0.15) is 56.8 Å². The number of alkyl halides is 3. The first kappa shape index (κ1) is 32.2. The average molecular weight is 568 g/mol. The van der Waals surface area contributed by atoms with Crippen molar-refractivity contribution in [3.8, 4) is 5.88 Å². The Balaban J connectivity index is 2.30. The largest absolute Gasteiger partial charge is 0.477 e. The van der Waals surface area contributed by atoms with E-state index in [0.717, 1.165) is 22.4 Å². The number of rotatable bonds is 13. The van der Waals surface area contributed by atoms with Crippen molar-refractivity contribution in [3.63, 3.8) is 0 Å². The molecule has 2 N–H and O–H groups in total. The molecular formula is C27H40F3N5O3Si. The molecule has 0 spiro atoms. The molecule has 0 unspecified atom stereocenters. The maximum atomic E-state index is 13.7. The molecule has 2 aromatic heterocycles. The van der Waals surface area contributed by atoms with E-state index < -0.39 is 25.4 Å². The Morgan fingerprint density at radius 3 is 2.41 bits per heavy atom. The minimum atomic E-state index is -4.59. The van der Waals surface area contributed by atoms with Crippen molar-refractivity contribution in [2.75, 3.05) is 13.2 Å². The molecule has 0 saturated carbocycles. The Bertz CT molecular complexity index is 1210. The van der Waals surface area contributed by atoms with Crippen molar-refractivity contribution in [2.24, 2.45) is 16.1 Å². The van der Waals surface area contributed by atoms with Crippen LogP contribution in [0, 0.1) is 12.3 Å². The fourth-order valence-electron chi connectivity index (χ4n) is 3.29. The number of aryl methyl sites for hydroxylation is 1. The summed E-state index contributed by atoms with van der Waals surface area (Å²) in [7, 11) is -1.40. The summed E-state index contributed by atoms with van der Waals surface area (Å²) in [4.78, 5) is 24.4. The third kappa shape index (κ3) is 9.31. The van der Waals surface area contributed by atoms with Crippen molar-refractivity contribution >= 4 is 25.3 Å². The number of aliphatic imine (C=N–C) groups is 1. The van der Waals surface area contributed by atoms with E-state index in [9.17, 15) is 18.0 Å². The number of nitrogens with two attached hydrogens (primary N) is 1. The predicted molar refractivity (Wildman–Crippen MR) is 149 cm³/mol. The number of carbonyl (C=O) groups excluding carboxylic acids is 1. The molecule has 0 atom stereocenters. The van der Waals surface area contributed by atoms with Gasteiger partial charge in [0.1, 0.15) is 24.8 Å². The molecule has 0 aliphatic rings. The van der Waals surface area contributed by atoms with Gasteiger partial charge in [0.2, 0.25) is 5.88 Å². The highest BCUT2D eigenvalue weighted by Gasteiger charge is 2.36. The van der Waals surface area contributed by atoms with Gasteiger partial charge in [0.15, 0.2) is 5.82 Å². The van der Waals surface area contributed by atoms with E-state index >= 15 is 0 Å². The summed E-state index contributed by atoms with van der Waals surface area (Å²) in [5, 5.41) is 0. The molecular weight excluding hydrogens is 527 g/mol. The van der Waals surface area contributed by atoms with E-state index in [4.69, 9.17) is 15.2 Å². The molecule has 0 saturated heterocycles. The molecule has 0 aromatic carbocycles. The summed E-state index contributed by atoms with van der Waals surface area (Å²) in [5.41, 5.74) is 6.70. The maximum absolute atomic E-state index is 13.7. The van der Waals surface area contributed by atoms with Crippen LogP contribution in [-0.2, 0) is 22.4 Å². The highest BCUT2D eigenvalue weighted by molar-refractivity contribution is 6.76. The van der Waals surface area contributed by atoms with Crippen LogP contribution >= 0.6 is 0 Å². The van der Waals surface area contributed by atoms with E-state index in [1.54, 1.807) is 26.8 Å². The summed E-state index contributed by atoms with van der Waals surface area (Å²) in [6.07, 6.45) is -0.542. The van der Waals surface area contributed by atoms with Crippen molar-refractivity contribution in [1.82, 2.24) is 14.5 Å². The van der Waals surface area contributed by atoms with Gasteiger partial charge in [-0.05, 0) is 45.7 Å². The molecule has 216 valence electrons. The van der Waals surface area contributed by atoms with Crippen LogP contribution in [0.4, 0.5) is 13.2 Å². The zero-order chi connectivity index (χ0) is 29.6. The minimum Gasteiger partial charge on any atom is -0.477 e. The number of hydrogen-bond acceptors (Lipinski definition) is 7. The summed E-state index contributed by atoms with van der Waals surface area (Å²) < 4.78 is 53.4. The van der Waals surface area contributed by atoms with Gasteiger partial charge >= 0.3 is 6.18 Å². The van der Waals surface area contributed by atoms with Crippen molar-refractivity contribution in [3.05, 3.63) is 47.3 Å². The maximum Gasteiger partial charge on any atom is 0.433 e. The highest BCUT2D eigenvalue weighted by atomic mass is 28.3. The first-order chi connectivity index (χ1) is 18.0. The predicted octanol–water partition coefficient (Wildman–Crippen LogP) is 6.07. The second kappa shape index (κ2) is 12.9. The van der Waals surface area contributed by atoms with Gasteiger partial charge in [0.05, 0.1) is 29.2 Å². The Labute approximate surface area is 229 Å². The summed E-state index contributed by atoms with van der Waals surface area (Å²) in [5.74, 6) is 0.439. The number of Topliss-reactive ketones (excluding diaryl/α,β-unsaturated/α-hetero) is 1. The lowest BCUT2D eigenvalue weighted by molar-refractivity contribution is -0.146. The van der Waals surface area contributed by atoms with E-state index in [2.05, 4.69) is 34.6 Å². The first-order valence-electron chi connectivity index (χ1n) is 12.8. The van der Waals surface area contributed by atoms with Crippen LogP contribution in [0.2, 0.25) is 25.7 Å². The number of nitrogens with zero attached hydrogens (tertiary/aromatic N) is 4. The second-order valence-corrected chi connectivity index (χ2v) is 16.9. The topological polar surface area (TPSA) is 105 Å². The molecule has 2 aromatic rings. The van der Waals surface area contributed by atoms with Crippen LogP contribution in [0.3, 0.4) is 0 Å². The number of carbonyl (C=O) groups is 1. The third-order valence-electron chi connectivity index (χ3n) is 6.25. The van der Waals surface area contributed by atoms with Crippen molar-refractivity contribution < 1.29 is 27.4 Å². The van der Waals surface area contributed by atoms with Gasteiger partial charge in [-0.2, -0.15) is 13.2 Å². The lowest BCUT2D eigenvalue weighted by Gasteiger charge is -2.21. The molecule has 2 rings (SSSR count). The number of hydrogen-bond donors (Lipinski definition) is 1. The van der Waals surface area contributed by atoms with Gasteiger partial charge < -0.3 is 15.2 Å². The standard InChI is InChI=1S/C27H40F3N5O3Si/c1-9-22(25-34-15-23(27(28,29)30)35(25)17-37-10-11-39(6,7)8)32-14-21(31)20-13-33-24(12-18(20)2)38-16-26(4,5)19(3)36/h12-15H,9-11,16-17,31H2,1-8H3/b21-14-,32-22?. The van der Waals surface area contributed by atoms with Crippen LogP contribution in [0.15, 0.2) is 29.7 Å². The van der Waals surface area contributed by atoms with Gasteiger partial charge in [-0.1, -0.05) is 26.6 Å². The third-order valence-corrected chi connectivity index (χ3v) is 7.95. The summed E-state index contributed by atoms with van der Waals surface area (Å²) in [6.45, 7) is 15.5. The Morgan fingerprint density at radius 2 is 1.87 bits per heavy atom. The number of ketones is 1. The van der Waals surface area contributed by atoms with Crippen LogP contribution in [-0.4, -0.2) is 47.3 Å². The Morgan fingerprint density at radius 1 is 1.21 bits per heavy atom. The van der Waals surface area contributed by atoms with Crippen LogP contribution in [0.5, 0.6) is 5.88 Å². The Kier molecular flexibility index (Phi) is 10.7. The SMILES string of the molecule is CCC(=N/C=C(\N)c1cnc(OCC(C)(C)C(C)=O)cc1C)c1ncc(C(F)(F)F)n1COCC[Si](C)(C)C. The molecule has 0 aliphatic carbocycles. The van der Waals surface area contributed by atoms with E-state index in [0.29, 0.717) is 30.2 Å². The number of pyridine rings is 1. The normalized spacial score (nSPS) is 13.6. The molecule has 39 heavy (non-hydrogen) atoms. The van der Waals surface area contributed by atoms with E-state index in [-0.39, 0.29) is 30.6 Å². The molecule has 2 heterocycles.